The molecule has 4 rings (SSSR count). The van der Waals surface area contributed by atoms with Gasteiger partial charge in [0.1, 0.15) is 11.6 Å². The Kier molecular flexibility index (Phi) is 7.06. The quantitative estimate of drug-likeness (QED) is 0.249. The first kappa shape index (κ1) is 27.0. The molecule has 0 saturated heterocycles. The van der Waals surface area contributed by atoms with Crippen LogP contribution in [0.3, 0.4) is 0 Å². The zero-order valence-corrected chi connectivity index (χ0v) is 17.8. The molecule has 0 bridgehead atoms. The predicted molar refractivity (Wildman–Crippen MR) is 115 cm³/mol. The van der Waals surface area contributed by atoms with E-state index >= 15 is 0 Å². The van der Waals surface area contributed by atoms with Gasteiger partial charge in [0.15, 0.2) is 5.82 Å². The molecule has 2 aromatic heterocycles. The summed E-state index contributed by atoms with van der Waals surface area (Å²) < 4.78 is 104. The van der Waals surface area contributed by atoms with Crippen molar-refractivity contribution in [1.82, 2.24) is 15.1 Å². The first-order valence-electron chi connectivity index (χ1n) is 9.76. The second-order valence-corrected chi connectivity index (χ2v) is 8.49. The number of alkyl halides is 6. The van der Waals surface area contributed by atoms with Crippen molar-refractivity contribution in [3.63, 3.8) is 0 Å². The Morgan fingerprint density at radius 3 is 2.23 bits per heavy atom. The number of nitrogens with one attached hydrogen (secondary N) is 1. The molecule has 0 amide bonds. The molecular formula is C22H17F7N3NaO2. The van der Waals surface area contributed by atoms with E-state index in [1.165, 1.54) is 6.07 Å². The summed E-state index contributed by atoms with van der Waals surface area (Å²) in [4.78, 5) is 6.63. The van der Waals surface area contributed by atoms with Gasteiger partial charge in [0.25, 0.3) is 0 Å². The fraction of sp³-hybridized carbons (Fsp3) is 0.273. The standard InChI is InChI=1S/C22H16F7N3O2.Na.H/c1-20(2,3)16-9-15(34-32-16)19-30-13-8-10(7-11(18(13)31-19)21(24,25)26)17-12(23)5-4-6-14(17)33-22(27,28)29;;/h4-9H,1-3H3,(H,30,31);;. The van der Waals surface area contributed by atoms with Gasteiger partial charge >= 0.3 is 42.1 Å². The van der Waals surface area contributed by atoms with Crippen LogP contribution in [-0.2, 0) is 11.6 Å². The van der Waals surface area contributed by atoms with E-state index < -0.39 is 51.7 Å². The molecule has 2 heterocycles. The maximum absolute atomic E-state index is 14.5. The number of hydrogen-bond acceptors (Lipinski definition) is 4. The predicted octanol–water partition coefficient (Wildman–Crippen LogP) is 6.59. The minimum absolute atomic E-state index is 0. The Morgan fingerprint density at radius 2 is 1.66 bits per heavy atom. The number of fused-ring (bicyclic) bond motifs is 1. The van der Waals surface area contributed by atoms with Crippen LogP contribution in [-0.4, -0.2) is 51.0 Å². The van der Waals surface area contributed by atoms with E-state index in [0.29, 0.717) is 11.8 Å². The second-order valence-electron chi connectivity index (χ2n) is 8.49. The van der Waals surface area contributed by atoms with Crippen molar-refractivity contribution in [2.75, 3.05) is 0 Å². The van der Waals surface area contributed by atoms with E-state index in [9.17, 15) is 30.7 Å². The zero-order valence-electron chi connectivity index (χ0n) is 17.8. The van der Waals surface area contributed by atoms with Crippen molar-refractivity contribution in [3.05, 3.63) is 53.5 Å². The Balaban J connectivity index is 0.00000342. The number of halogens is 7. The Bertz CT molecular complexity index is 1370. The van der Waals surface area contributed by atoms with Crippen molar-refractivity contribution < 1.29 is 40.0 Å². The summed E-state index contributed by atoms with van der Waals surface area (Å²) in [6.45, 7) is 5.57. The van der Waals surface area contributed by atoms with Crippen LogP contribution in [0.4, 0.5) is 30.7 Å². The number of aromatic amines is 1. The van der Waals surface area contributed by atoms with Gasteiger partial charge in [0.05, 0.1) is 27.9 Å². The Hall–Kier alpha value is -2.57. The first-order chi connectivity index (χ1) is 15.6. The molecule has 1 N–H and O–H groups in total. The van der Waals surface area contributed by atoms with Gasteiger partial charge in [-0.15, -0.1) is 13.2 Å². The molecule has 0 aliphatic rings. The third-order valence-corrected chi connectivity index (χ3v) is 4.90. The monoisotopic (exact) mass is 511 g/mol. The minimum atomic E-state index is -5.18. The van der Waals surface area contributed by atoms with Crippen molar-refractivity contribution in [2.24, 2.45) is 0 Å². The summed E-state index contributed by atoms with van der Waals surface area (Å²) in [5, 5.41) is 3.90. The summed E-state index contributed by atoms with van der Waals surface area (Å²) in [7, 11) is 0. The van der Waals surface area contributed by atoms with Crippen LogP contribution in [0.2, 0.25) is 0 Å². The molecule has 0 aliphatic heterocycles. The molecule has 2 aromatic carbocycles. The normalized spacial score (nSPS) is 12.6. The van der Waals surface area contributed by atoms with Gasteiger partial charge in [-0.05, 0) is 29.8 Å². The average Bonchev–Trinajstić information content (AvgIpc) is 3.32. The molecule has 13 heteroatoms. The third kappa shape index (κ3) is 5.65. The van der Waals surface area contributed by atoms with E-state index in [1.54, 1.807) is 0 Å². The van der Waals surface area contributed by atoms with E-state index in [-0.39, 0.29) is 46.7 Å². The topological polar surface area (TPSA) is 63.9 Å². The van der Waals surface area contributed by atoms with Gasteiger partial charge in [-0.3, -0.25) is 0 Å². The maximum atomic E-state index is 14.5. The van der Waals surface area contributed by atoms with Crippen LogP contribution >= 0.6 is 0 Å². The first-order valence-corrected chi connectivity index (χ1v) is 9.76. The van der Waals surface area contributed by atoms with Crippen LogP contribution in [0, 0.1) is 5.82 Å². The van der Waals surface area contributed by atoms with Crippen LogP contribution in [0.5, 0.6) is 5.75 Å². The van der Waals surface area contributed by atoms with Gasteiger partial charge in [0, 0.05) is 11.5 Å². The van der Waals surface area contributed by atoms with Crippen LogP contribution in [0.1, 0.15) is 32.0 Å². The number of H-pyrrole nitrogens is 1. The third-order valence-electron chi connectivity index (χ3n) is 4.90. The van der Waals surface area contributed by atoms with Gasteiger partial charge < -0.3 is 14.2 Å². The summed E-state index contributed by atoms with van der Waals surface area (Å²) in [5.74, 6) is -2.21. The molecule has 0 spiro atoms. The number of benzene rings is 2. The number of rotatable bonds is 3. The van der Waals surface area contributed by atoms with E-state index in [0.717, 1.165) is 24.3 Å². The van der Waals surface area contributed by atoms with Crippen molar-refractivity contribution in [2.45, 2.75) is 38.7 Å². The van der Waals surface area contributed by atoms with Gasteiger partial charge in [-0.25, -0.2) is 9.37 Å². The fourth-order valence-corrected chi connectivity index (χ4v) is 3.33. The van der Waals surface area contributed by atoms with E-state index in [4.69, 9.17) is 4.52 Å². The second kappa shape index (κ2) is 9.14. The molecule has 0 unspecified atom stereocenters. The summed E-state index contributed by atoms with van der Waals surface area (Å²) in [5.41, 5.74) is -3.13. The van der Waals surface area contributed by atoms with Crippen molar-refractivity contribution in [1.29, 1.82) is 0 Å². The molecule has 0 saturated carbocycles. The van der Waals surface area contributed by atoms with Gasteiger partial charge in [-0.1, -0.05) is 32.0 Å². The molecule has 0 aliphatic carbocycles. The molecule has 0 radical (unpaired) electrons. The Morgan fingerprint density at radius 1 is 0.971 bits per heavy atom. The van der Waals surface area contributed by atoms with Crippen LogP contribution in [0.25, 0.3) is 33.7 Å². The Labute approximate surface area is 215 Å². The van der Waals surface area contributed by atoms with Crippen molar-refractivity contribution >= 4 is 40.6 Å². The van der Waals surface area contributed by atoms with E-state index in [2.05, 4.69) is 19.9 Å². The molecule has 35 heavy (non-hydrogen) atoms. The molecule has 4 aromatic rings. The fourth-order valence-electron chi connectivity index (χ4n) is 3.33. The number of imidazole rings is 1. The summed E-state index contributed by atoms with van der Waals surface area (Å²) in [6, 6.07) is 5.65. The number of hydrogen-bond donors (Lipinski definition) is 1. The molecule has 5 nitrogen and oxygen atoms in total. The molecule has 0 atom stereocenters. The molecular weight excluding hydrogens is 494 g/mol. The van der Waals surface area contributed by atoms with Gasteiger partial charge in [0.2, 0.25) is 5.76 Å². The van der Waals surface area contributed by atoms with Crippen LogP contribution in [0.15, 0.2) is 40.9 Å². The number of aromatic nitrogens is 3. The number of ether oxygens (including phenoxy) is 1. The SMILES string of the molecule is CC(C)(C)c1cc(-c2nc3cc(-c4c(F)cccc4OC(F)(F)F)cc(C(F)(F)F)c3[nH]2)on1.[NaH]. The number of nitrogens with zero attached hydrogens (tertiary/aromatic N) is 2. The average molecular weight is 511 g/mol. The zero-order chi connectivity index (χ0) is 25.1. The van der Waals surface area contributed by atoms with Crippen LogP contribution < -0.4 is 4.74 Å². The van der Waals surface area contributed by atoms with Crippen molar-refractivity contribution in [3.8, 4) is 28.5 Å². The summed E-state index contributed by atoms with van der Waals surface area (Å²) in [6.07, 6.45) is -10.1. The van der Waals surface area contributed by atoms with Gasteiger partial charge in [-0.2, -0.15) is 13.2 Å². The molecule has 0 fully saturated rings. The van der Waals surface area contributed by atoms with E-state index in [1.807, 2.05) is 20.8 Å². The molecule has 182 valence electrons. The summed E-state index contributed by atoms with van der Waals surface area (Å²) >= 11 is 0.